The summed E-state index contributed by atoms with van der Waals surface area (Å²) in [5.74, 6) is -0.0889. The molecule has 5 heteroatoms. The van der Waals surface area contributed by atoms with Crippen LogP contribution in [0.1, 0.15) is 23.8 Å². The van der Waals surface area contributed by atoms with E-state index >= 15 is 0 Å². The van der Waals surface area contributed by atoms with Gasteiger partial charge in [0.15, 0.2) is 0 Å². The zero-order valence-electron chi connectivity index (χ0n) is 11.6. The molecule has 0 spiro atoms. The standard InChI is InChI=1S/C15H19N3OS/c1-2-18(13-7-4-3-5-8-13)10-6-9-16-15(19)14-11-20-12-17-14/h3-5,7-8,11-12H,2,6,9-10H2,1H3,(H,16,19). The minimum Gasteiger partial charge on any atom is -0.372 e. The number of nitrogens with zero attached hydrogens (tertiary/aromatic N) is 2. The van der Waals surface area contributed by atoms with E-state index in [0.717, 1.165) is 19.5 Å². The van der Waals surface area contributed by atoms with Crippen molar-refractivity contribution in [3.8, 4) is 0 Å². The Labute approximate surface area is 123 Å². The molecule has 0 unspecified atom stereocenters. The van der Waals surface area contributed by atoms with Crippen LogP contribution in [0.3, 0.4) is 0 Å². The predicted octanol–water partition coefficient (Wildman–Crippen LogP) is 2.79. The number of rotatable bonds is 7. The molecule has 0 aliphatic rings. The van der Waals surface area contributed by atoms with E-state index in [4.69, 9.17) is 0 Å². The summed E-state index contributed by atoms with van der Waals surface area (Å²) in [4.78, 5) is 18.0. The second-order valence-corrected chi connectivity index (χ2v) is 5.12. The maximum absolute atomic E-state index is 11.7. The molecule has 1 heterocycles. The van der Waals surface area contributed by atoms with E-state index in [-0.39, 0.29) is 5.91 Å². The first-order valence-electron chi connectivity index (χ1n) is 6.77. The highest BCUT2D eigenvalue weighted by atomic mass is 32.1. The molecule has 2 rings (SSSR count). The van der Waals surface area contributed by atoms with Crippen LogP contribution >= 0.6 is 11.3 Å². The summed E-state index contributed by atoms with van der Waals surface area (Å²) in [6, 6.07) is 10.3. The van der Waals surface area contributed by atoms with E-state index in [1.807, 2.05) is 18.2 Å². The van der Waals surface area contributed by atoms with E-state index in [0.29, 0.717) is 12.2 Å². The number of benzene rings is 1. The van der Waals surface area contributed by atoms with Gasteiger partial charge in [-0.3, -0.25) is 4.79 Å². The van der Waals surface area contributed by atoms with Crippen LogP contribution in [-0.2, 0) is 0 Å². The van der Waals surface area contributed by atoms with Crippen molar-refractivity contribution < 1.29 is 4.79 Å². The molecule has 1 N–H and O–H groups in total. The van der Waals surface area contributed by atoms with Crippen molar-refractivity contribution in [3.05, 3.63) is 46.9 Å². The first-order chi connectivity index (χ1) is 9.81. The van der Waals surface area contributed by atoms with Crippen molar-refractivity contribution in [1.82, 2.24) is 10.3 Å². The monoisotopic (exact) mass is 289 g/mol. The van der Waals surface area contributed by atoms with Gasteiger partial charge in [0.25, 0.3) is 5.91 Å². The molecule has 0 aliphatic heterocycles. The SMILES string of the molecule is CCN(CCCNC(=O)c1cscn1)c1ccccc1. The lowest BCUT2D eigenvalue weighted by atomic mass is 10.2. The Morgan fingerprint density at radius 2 is 2.15 bits per heavy atom. The van der Waals surface area contributed by atoms with Gasteiger partial charge < -0.3 is 10.2 Å². The molecule has 106 valence electrons. The first-order valence-corrected chi connectivity index (χ1v) is 7.72. The maximum Gasteiger partial charge on any atom is 0.270 e. The van der Waals surface area contributed by atoms with Crippen LogP contribution in [0, 0.1) is 0 Å². The molecule has 0 fully saturated rings. The average molecular weight is 289 g/mol. The number of hydrogen-bond acceptors (Lipinski definition) is 4. The van der Waals surface area contributed by atoms with Gasteiger partial charge in [-0.05, 0) is 25.5 Å². The van der Waals surface area contributed by atoms with E-state index in [9.17, 15) is 4.79 Å². The number of amides is 1. The highest BCUT2D eigenvalue weighted by molar-refractivity contribution is 7.07. The smallest absolute Gasteiger partial charge is 0.270 e. The van der Waals surface area contributed by atoms with Crippen LogP contribution < -0.4 is 10.2 Å². The Bertz CT molecular complexity index is 513. The summed E-state index contributed by atoms with van der Waals surface area (Å²) in [5.41, 5.74) is 3.40. The van der Waals surface area contributed by atoms with Gasteiger partial charge in [-0.2, -0.15) is 0 Å². The summed E-state index contributed by atoms with van der Waals surface area (Å²) < 4.78 is 0. The molecule has 1 aromatic carbocycles. The van der Waals surface area contributed by atoms with E-state index in [2.05, 4.69) is 34.3 Å². The molecular formula is C15H19N3OS. The molecule has 0 saturated carbocycles. The largest absolute Gasteiger partial charge is 0.372 e. The molecule has 0 radical (unpaired) electrons. The first kappa shape index (κ1) is 14.5. The van der Waals surface area contributed by atoms with Gasteiger partial charge in [-0.1, -0.05) is 18.2 Å². The van der Waals surface area contributed by atoms with Crippen LogP contribution in [0.15, 0.2) is 41.2 Å². The van der Waals surface area contributed by atoms with Crippen LogP contribution in [0.4, 0.5) is 5.69 Å². The Balaban J connectivity index is 1.73. The number of para-hydroxylation sites is 1. The molecule has 1 aromatic heterocycles. The lowest BCUT2D eigenvalue weighted by Gasteiger charge is -2.23. The Morgan fingerprint density at radius 3 is 2.80 bits per heavy atom. The molecule has 1 amide bonds. The minimum absolute atomic E-state index is 0.0889. The van der Waals surface area contributed by atoms with E-state index < -0.39 is 0 Å². The normalized spacial score (nSPS) is 10.2. The fraction of sp³-hybridized carbons (Fsp3) is 0.333. The molecule has 4 nitrogen and oxygen atoms in total. The zero-order valence-corrected chi connectivity index (χ0v) is 12.4. The summed E-state index contributed by atoms with van der Waals surface area (Å²) >= 11 is 1.43. The third kappa shape index (κ3) is 4.06. The molecule has 0 saturated heterocycles. The molecule has 20 heavy (non-hydrogen) atoms. The average Bonchev–Trinajstić information content (AvgIpc) is 3.02. The highest BCUT2D eigenvalue weighted by Gasteiger charge is 2.07. The van der Waals surface area contributed by atoms with Gasteiger partial charge in [-0.25, -0.2) is 4.98 Å². The lowest BCUT2D eigenvalue weighted by molar-refractivity contribution is 0.0949. The van der Waals surface area contributed by atoms with Crippen molar-refractivity contribution in [2.75, 3.05) is 24.5 Å². The maximum atomic E-state index is 11.7. The van der Waals surface area contributed by atoms with Crippen LogP contribution in [0.5, 0.6) is 0 Å². The molecular weight excluding hydrogens is 270 g/mol. The number of carbonyl (C=O) groups excluding carboxylic acids is 1. The van der Waals surface area contributed by atoms with Crippen molar-refractivity contribution in [3.63, 3.8) is 0 Å². The fourth-order valence-corrected chi connectivity index (χ4v) is 2.53. The van der Waals surface area contributed by atoms with Crippen molar-refractivity contribution in [1.29, 1.82) is 0 Å². The highest BCUT2D eigenvalue weighted by Crippen LogP contribution is 2.12. The van der Waals surface area contributed by atoms with Gasteiger partial charge >= 0.3 is 0 Å². The lowest BCUT2D eigenvalue weighted by Crippen LogP contribution is -2.30. The Kier molecular flexibility index (Phi) is 5.55. The van der Waals surface area contributed by atoms with E-state index in [1.165, 1.54) is 17.0 Å². The number of carbonyl (C=O) groups is 1. The summed E-state index contributed by atoms with van der Waals surface area (Å²) in [7, 11) is 0. The predicted molar refractivity (Wildman–Crippen MR) is 83.4 cm³/mol. The molecule has 2 aromatic rings. The quantitative estimate of drug-likeness (QED) is 0.797. The number of aromatic nitrogens is 1. The van der Waals surface area contributed by atoms with Gasteiger partial charge in [0.05, 0.1) is 5.51 Å². The number of anilines is 1. The van der Waals surface area contributed by atoms with Gasteiger partial charge in [0.1, 0.15) is 5.69 Å². The Hall–Kier alpha value is -1.88. The van der Waals surface area contributed by atoms with E-state index in [1.54, 1.807) is 10.9 Å². The Morgan fingerprint density at radius 1 is 1.35 bits per heavy atom. The third-order valence-electron chi connectivity index (χ3n) is 3.06. The van der Waals surface area contributed by atoms with Crippen LogP contribution in [0.25, 0.3) is 0 Å². The van der Waals surface area contributed by atoms with Crippen LogP contribution in [-0.4, -0.2) is 30.5 Å². The number of hydrogen-bond donors (Lipinski definition) is 1. The topological polar surface area (TPSA) is 45.2 Å². The summed E-state index contributed by atoms with van der Waals surface area (Å²) in [6.07, 6.45) is 0.915. The zero-order chi connectivity index (χ0) is 14.2. The number of nitrogens with one attached hydrogen (secondary N) is 1. The second-order valence-electron chi connectivity index (χ2n) is 4.40. The van der Waals surface area contributed by atoms with Crippen molar-refractivity contribution in [2.45, 2.75) is 13.3 Å². The minimum atomic E-state index is -0.0889. The third-order valence-corrected chi connectivity index (χ3v) is 3.64. The second kappa shape index (κ2) is 7.65. The molecule has 0 atom stereocenters. The van der Waals surface area contributed by atoms with Gasteiger partial charge in [0.2, 0.25) is 0 Å². The summed E-state index contributed by atoms with van der Waals surface area (Å²) in [6.45, 7) is 4.70. The van der Waals surface area contributed by atoms with Gasteiger partial charge in [0, 0.05) is 30.7 Å². The van der Waals surface area contributed by atoms with Crippen molar-refractivity contribution in [2.24, 2.45) is 0 Å². The number of thiazole rings is 1. The van der Waals surface area contributed by atoms with Gasteiger partial charge in [-0.15, -0.1) is 11.3 Å². The summed E-state index contributed by atoms with van der Waals surface area (Å²) in [5, 5.41) is 4.66. The molecule has 0 aliphatic carbocycles. The molecule has 0 bridgehead atoms. The van der Waals surface area contributed by atoms with Crippen LogP contribution in [0.2, 0.25) is 0 Å². The fourth-order valence-electron chi connectivity index (χ4n) is 2.00. The van der Waals surface area contributed by atoms with Crippen molar-refractivity contribution >= 4 is 22.9 Å².